The fourth-order valence-corrected chi connectivity index (χ4v) is 5.07. The summed E-state index contributed by atoms with van der Waals surface area (Å²) in [5.74, 6) is 1.22. The van der Waals surface area contributed by atoms with E-state index in [1.807, 2.05) is 0 Å². The van der Waals surface area contributed by atoms with Crippen molar-refractivity contribution in [2.24, 2.45) is 0 Å². The van der Waals surface area contributed by atoms with Crippen LogP contribution in [-0.4, -0.2) is 66.9 Å². The van der Waals surface area contributed by atoms with Crippen molar-refractivity contribution in [2.75, 3.05) is 38.3 Å². The third kappa shape index (κ3) is 7.54. The van der Waals surface area contributed by atoms with Crippen LogP contribution in [0.3, 0.4) is 0 Å². The molecule has 0 bridgehead atoms. The molecule has 204 valence electrons. The van der Waals surface area contributed by atoms with Gasteiger partial charge in [-0.3, -0.25) is 4.79 Å². The number of benzene rings is 1. The maximum absolute atomic E-state index is 11.7. The molecule has 12 heteroatoms. The molecule has 5 N–H and O–H groups in total. The molecule has 11 nitrogen and oxygen atoms in total. The van der Waals surface area contributed by atoms with Gasteiger partial charge < -0.3 is 36.2 Å². The Morgan fingerprint density at radius 1 is 1.26 bits per heavy atom. The average Bonchev–Trinajstić information content (AvgIpc) is 3.27. The van der Waals surface area contributed by atoms with Crippen LogP contribution in [-0.2, 0) is 22.4 Å². The highest BCUT2D eigenvalue weighted by Crippen LogP contribution is 2.40. The lowest BCUT2D eigenvalue weighted by atomic mass is 9.97. The van der Waals surface area contributed by atoms with Crippen molar-refractivity contribution < 1.29 is 19.1 Å². The van der Waals surface area contributed by atoms with E-state index in [0.29, 0.717) is 28.5 Å². The second-order valence-corrected chi connectivity index (χ2v) is 10.2. The Bertz CT molecular complexity index is 1280. The molecular formula is C26H35N7O4S. The van der Waals surface area contributed by atoms with Crippen molar-refractivity contribution in [1.82, 2.24) is 20.2 Å². The van der Waals surface area contributed by atoms with Crippen LogP contribution in [0.25, 0.3) is 10.2 Å². The number of nitrogens with zero attached hydrogens (tertiary/aromatic N) is 3. The Morgan fingerprint density at radius 3 is 2.68 bits per heavy atom. The number of thiophene rings is 1. The molecule has 38 heavy (non-hydrogen) atoms. The molecule has 4 rings (SSSR count). The van der Waals surface area contributed by atoms with Gasteiger partial charge in [0.15, 0.2) is 0 Å². The summed E-state index contributed by atoms with van der Waals surface area (Å²) in [7, 11) is 3.38. The Morgan fingerprint density at radius 2 is 2.00 bits per heavy atom. The predicted molar refractivity (Wildman–Crippen MR) is 151 cm³/mol. The molecule has 0 spiro atoms. The van der Waals surface area contributed by atoms with E-state index in [2.05, 4.69) is 20.6 Å². The molecule has 2 aromatic heterocycles. The van der Waals surface area contributed by atoms with Crippen LogP contribution < -0.4 is 21.1 Å². The molecule has 0 atom stereocenters. The lowest BCUT2D eigenvalue weighted by molar-refractivity contribution is -0.115. The minimum atomic E-state index is -0.490. The molecular weight excluding hydrogens is 506 g/mol. The number of aryl methyl sites for hydroxylation is 2. The normalized spacial score (nSPS) is 12.1. The van der Waals surface area contributed by atoms with Gasteiger partial charge in [-0.2, -0.15) is 0 Å². The van der Waals surface area contributed by atoms with Gasteiger partial charge in [-0.25, -0.2) is 14.8 Å². The summed E-state index contributed by atoms with van der Waals surface area (Å²) in [6.45, 7) is 4.07. The maximum Gasteiger partial charge on any atom is 0.407 e. The third-order valence-corrected chi connectivity index (χ3v) is 6.73. The Balaban J connectivity index is 0.000000732. The first kappa shape index (κ1) is 28.6. The van der Waals surface area contributed by atoms with Gasteiger partial charge in [-0.15, -0.1) is 11.3 Å². The minimum Gasteiger partial charge on any atom is -0.489 e. The molecule has 2 heterocycles. The number of rotatable bonds is 9. The SMILES string of the molecule is CC(C)OC(=O)NCCOc1cc(N)c(C=N)cc1Nc1ncnc2sc3c(c12)CCCC3.CN(C)C=O. The second kappa shape index (κ2) is 13.6. The number of ether oxygens (including phenoxy) is 2. The zero-order valence-corrected chi connectivity index (χ0v) is 23.0. The fraction of sp³-hybridized carbons (Fsp3) is 0.423. The minimum absolute atomic E-state index is 0.192. The molecule has 2 amide bonds. The maximum atomic E-state index is 11.7. The van der Waals surface area contributed by atoms with E-state index < -0.39 is 6.09 Å². The van der Waals surface area contributed by atoms with Gasteiger partial charge in [-0.1, -0.05) is 0 Å². The van der Waals surface area contributed by atoms with Crippen LogP contribution in [0.1, 0.15) is 42.7 Å². The first-order chi connectivity index (χ1) is 18.2. The number of alkyl carbamates (subject to hydrolysis) is 1. The van der Waals surface area contributed by atoms with E-state index in [1.165, 1.54) is 28.0 Å². The van der Waals surface area contributed by atoms with Gasteiger partial charge in [0.05, 0.1) is 23.7 Å². The lowest BCUT2D eigenvalue weighted by Crippen LogP contribution is -2.30. The summed E-state index contributed by atoms with van der Waals surface area (Å²) in [6.07, 6.45) is 7.30. The van der Waals surface area contributed by atoms with E-state index in [-0.39, 0.29) is 19.3 Å². The largest absolute Gasteiger partial charge is 0.489 e. The van der Waals surface area contributed by atoms with Crippen molar-refractivity contribution in [2.45, 2.75) is 45.6 Å². The predicted octanol–water partition coefficient (Wildman–Crippen LogP) is 4.11. The highest BCUT2D eigenvalue weighted by molar-refractivity contribution is 7.19. The number of hydrogen-bond donors (Lipinski definition) is 4. The van der Waals surface area contributed by atoms with E-state index in [1.54, 1.807) is 57.7 Å². The molecule has 0 fully saturated rings. The molecule has 0 aliphatic heterocycles. The number of aromatic nitrogens is 2. The van der Waals surface area contributed by atoms with Gasteiger partial charge in [0.25, 0.3) is 0 Å². The van der Waals surface area contributed by atoms with Crippen LogP contribution in [0.5, 0.6) is 5.75 Å². The Hall–Kier alpha value is -3.93. The van der Waals surface area contributed by atoms with Crippen molar-refractivity contribution in [1.29, 1.82) is 5.41 Å². The van der Waals surface area contributed by atoms with Gasteiger partial charge in [0, 0.05) is 42.5 Å². The van der Waals surface area contributed by atoms with Gasteiger partial charge in [0.1, 0.15) is 29.3 Å². The van der Waals surface area contributed by atoms with Crippen LogP contribution in [0.2, 0.25) is 0 Å². The molecule has 1 aliphatic rings. The number of nitrogens with two attached hydrogens (primary N) is 1. The molecule has 0 saturated carbocycles. The van der Waals surface area contributed by atoms with Crippen molar-refractivity contribution in [3.63, 3.8) is 0 Å². The van der Waals surface area contributed by atoms with Gasteiger partial charge in [-0.05, 0) is 51.2 Å². The van der Waals surface area contributed by atoms with Crippen molar-refractivity contribution in [3.05, 3.63) is 34.5 Å². The van der Waals surface area contributed by atoms with E-state index in [9.17, 15) is 9.59 Å². The average molecular weight is 542 g/mol. The van der Waals surface area contributed by atoms with Crippen molar-refractivity contribution >= 4 is 57.5 Å². The number of anilines is 3. The molecule has 0 radical (unpaired) electrons. The number of amides is 2. The lowest BCUT2D eigenvalue weighted by Gasteiger charge is -2.17. The van der Waals surface area contributed by atoms with Gasteiger partial charge >= 0.3 is 6.09 Å². The number of carbonyl (C=O) groups excluding carboxylic acids is 2. The highest BCUT2D eigenvalue weighted by Gasteiger charge is 2.21. The van der Waals surface area contributed by atoms with Crippen LogP contribution in [0, 0.1) is 5.41 Å². The zero-order chi connectivity index (χ0) is 27.7. The van der Waals surface area contributed by atoms with E-state index in [4.69, 9.17) is 20.6 Å². The van der Waals surface area contributed by atoms with Crippen molar-refractivity contribution in [3.8, 4) is 5.75 Å². The van der Waals surface area contributed by atoms with E-state index in [0.717, 1.165) is 35.9 Å². The molecule has 1 aliphatic carbocycles. The summed E-state index contributed by atoms with van der Waals surface area (Å²) in [5.41, 5.74) is 9.06. The van der Waals surface area contributed by atoms with Gasteiger partial charge in [0.2, 0.25) is 6.41 Å². The first-order valence-electron chi connectivity index (χ1n) is 12.4. The molecule has 3 aromatic rings. The smallest absolute Gasteiger partial charge is 0.407 e. The number of hydrogen-bond acceptors (Lipinski definition) is 10. The monoisotopic (exact) mass is 541 g/mol. The van der Waals surface area contributed by atoms with Crippen LogP contribution >= 0.6 is 11.3 Å². The summed E-state index contributed by atoms with van der Waals surface area (Å²) in [5, 5.41) is 14.8. The summed E-state index contributed by atoms with van der Waals surface area (Å²) in [4.78, 5) is 33.9. The van der Waals surface area contributed by atoms with Crippen LogP contribution in [0.15, 0.2) is 18.5 Å². The number of nitrogens with one attached hydrogen (secondary N) is 3. The quantitative estimate of drug-likeness (QED) is 0.136. The summed E-state index contributed by atoms with van der Waals surface area (Å²) in [6, 6.07) is 3.45. The zero-order valence-electron chi connectivity index (χ0n) is 22.2. The highest BCUT2D eigenvalue weighted by atomic mass is 32.1. The fourth-order valence-electron chi connectivity index (χ4n) is 3.84. The van der Waals surface area contributed by atoms with E-state index >= 15 is 0 Å². The Labute approximate surface area is 226 Å². The first-order valence-corrected chi connectivity index (χ1v) is 13.2. The number of nitrogen functional groups attached to an aromatic ring is 1. The summed E-state index contributed by atoms with van der Waals surface area (Å²) >= 11 is 1.73. The Kier molecular flexibility index (Phi) is 10.2. The molecule has 0 saturated heterocycles. The number of carbonyl (C=O) groups is 2. The third-order valence-electron chi connectivity index (χ3n) is 5.53. The van der Waals surface area contributed by atoms with Crippen LogP contribution in [0.4, 0.5) is 22.0 Å². The molecule has 1 aromatic carbocycles. The second-order valence-electron chi connectivity index (χ2n) is 9.16. The molecule has 0 unspecified atom stereocenters. The summed E-state index contributed by atoms with van der Waals surface area (Å²) < 4.78 is 11.0. The number of fused-ring (bicyclic) bond motifs is 3. The standard InChI is InChI=1S/C23H28N6O3S.C3H7NO/c1-13(2)32-23(30)26-7-8-31-18-10-16(25)14(11-24)9-17(18)29-21-20-15-5-3-4-6-19(15)33-22(20)28-12-27-21;1-4(2)3-5/h9-13,24H,3-8,25H2,1-2H3,(H,26,30)(H,27,28,29);3H,1-2H3. The topological polar surface area (TPSA) is 156 Å².